The molecule has 0 bridgehead atoms. The number of methoxy groups -OCH3 is 1. The van der Waals surface area contributed by atoms with Crippen molar-refractivity contribution in [3.8, 4) is 5.75 Å². The van der Waals surface area contributed by atoms with Gasteiger partial charge in [0.2, 0.25) is 5.91 Å². The van der Waals surface area contributed by atoms with Gasteiger partial charge in [-0.15, -0.1) is 0 Å². The van der Waals surface area contributed by atoms with Gasteiger partial charge in [-0.25, -0.2) is 4.79 Å². The van der Waals surface area contributed by atoms with E-state index in [9.17, 15) is 14.7 Å². The van der Waals surface area contributed by atoms with Crippen LogP contribution in [0.15, 0.2) is 18.2 Å². The van der Waals surface area contributed by atoms with E-state index in [1.54, 1.807) is 0 Å². The second-order valence-electron chi connectivity index (χ2n) is 4.37. The summed E-state index contributed by atoms with van der Waals surface area (Å²) in [7, 11) is 1.23. The van der Waals surface area contributed by atoms with E-state index in [0.717, 1.165) is 0 Å². The minimum absolute atomic E-state index is 0.0276. The van der Waals surface area contributed by atoms with Gasteiger partial charge in [0.05, 0.1) is 7.11 Å². The molecule has 18 heavy (non-hydrogen) atoms. The average Bonchev–Trinajstić information content (AvgIpc) is 2.29. The van der Waals surface area contributed by atoms with Crippen LogP contribution in [-0.2, 0) is 9.53 Å². The number of phenolic OH excluding ortho intramolecular Hbond substituents is 1. The summed E-state index contributed by atoms with van der Waals surface area (Å²) in [4.78, 5) is 22.9. The Morgan fingerprint density at radius 2 is 2.06 bits per heavy atom. The van der Waals surface area contributed by atoms with Crippen LogP contribution in [-0.4, -0.2) is 24.1 Å². The summed E-state index contributed by atoms with van der Waals surface area (Å²) in [5.74, 6) is -0.704. The van der Waals surface area contributed by atoms with Crippen molar-refractivity contribution < 1.29 is 19.4 Å². The molecule has 1 aromatic carbocycles. The Kier molecular flexibility index (Phi) is 4.71. The predicted molar refractivity (Wildman–Crippen MR) is 67.5 cm³/mol. The first kappa shape index (κ1) is 14.0. The lowest BCUT2D eigenvalue weighted by atomic mass is 10.1. The Bertz CT molecular complexity index is 454. The van der Waals surface area contributed by atoms with Crippen molar-refractivity contribution in [3.05, 3.63) is 23.8 Å². The van der Waals surface area contributed by atoms with Crippen molar-refractivity contribution in [2.45, 2.75) is 20.3 Å². The van der Waals surface area contributed by atoms with Gasteiger partial charge in [0, 0.05) is 12.1 Å². The van der Waals surface area contributed by atoms with E-state index in [0.29, 0.717) is 12.1 Å². The van der Waals surface area contributed by atoms with Crippen LogP contribution in [0.2, 0.25) is 0 Å². The molecule has 0 atom stereocenters. The number of phenols is 1. The van der Waals surface area contributed by atoms with Gasteiger partial charge in [-0.2, -0.15) is 0 Å². The minimum atomic E-state index is -0.646. The number of ether oxygens (including phenoxy) is 1. The van der Waals surface area contributed by atoms with Crippen molar-refractivity contribution >= 4 is 17.6 Å². The first-order chi connectivity index (χ1) is 8.43. The first-order valence-corrected chi connectivity index (χ1v) is 5.65. The smallest absolute Gasteiger partial charge is 0.341 e. The number of carbonyl (C=O) groups excluding carboxylic acids is 2. The number of aromatic hydroxyl groups is 1. The highest BCUT2D eigenvalue weighted by molar-refractivity contribution is 5.96. The Hall–Kier alpha value is -2.04. The van der Waals surface area contributed by atoms with Gasteiger partial charge in [-0.1, -0.05) is 13.8 Å². The van der Waals surface area contributed by atoms with Gasteiger partial charge in [0.25, 0.3) is 0 Å². The van der Waals surface area contributed by atoms with Crippen LogP contribution in [0, 0.1) is 5.92 Å². The summed E-state index contributed by atoms with van der Waals surface area (Å²) in [5, 5.41) is 12.2. The van der Waals surface area contributed by atoms with Crippen LogP contribution < -0.4 is 5.32 Å². The van der Waals surface area contributed by atoms with Crippen LogP contribution in [0.25, 0.3) is 0 Å². The van der Waals surface area contributed by atoms with Gasteiger partial charge in [0.1, 0.15) is 11.3 Å². The number of hydrogen-bond donors (Lipinski definition) is 2. The fourth-order valence-corrected chi connectivity index (χ4v) is 1.47. The molecule has 0 fully saturated rings. The highest BCUT2D eigenvalue weighted by atomic mass is 16.5. The monoisotopic (exact) mass is 251 g/mol. The maximum absolute atomic E-state index is 11.6. The topological polar surface area (TPSA) is 75.6 Å². The molecule has 0 aliphatic rings. The fraction of sp³-hybridized carbons (Fsp3) is 0.385. The molecule has 0 spiro atoms. The summed E-state index contributed by atoms with van der Waals surface area (Å²) < 4.78 is 4.53. The van der Waals surface area contributed by atoms with Crippen LogP contribution >= 0.6 is 0 Å². The standard InChI is InChI=1S/C13H17NO4/c1-8(2)6-12(16)14-9-4-5-11(15)10(7-9)13(17)18-3/h4-5,7-8,15H,6H2,1-3H3,(H,14,16). The van der Waals surface area contributed by atoms with Gasteiger partial charge in [0.15, 0.2) is 0 Å². The maximum atomic E-state index is 11.6. The zero-order valence-corrected chi connectivity index (χ0v) is 10.7. The number of carbonyl (C=O) groups is 2. The molecule has 1 amide bonds. The molecule has 0 saturated heterocycles. The summed E-state index contributed by atoms with van der Waals surface area (Å²) in [6, 6.07) is 4.26. The van der Waals surface area contributed by atoms with E-state index in [4.69, 9.17) is 0 Å². The number of nitrogens with one attached hydrogen (secondary N) is 1. The van der Waals surface area contributed by atoms with Crippen molar-refractivity contribution in [1.29, 1.82) is 0 Å². The molecular weight excluding hydrogens is 234 g/mol. The predicted octanol–water partition coefficient (Wildman–Crippen LogP) is 2.16. The molecule has 1 rings (SSSR count). The van der Waals surface area contributed by atoms with Gasteiger partial charge >= 0.3 is 5.97 Å². The quantitative estimate of drug-likeness (QED) is 0.635. The Balaban J connectivity index is 2.85. The lowest BCUT2D eigenvalue weighted by Gasteiger charge is -2.09. The average molecular weight is 251 g/mol. The number of hydrogen-bond acceptors (Lipinski definition) is 4. The van der Waals surface area contributed by atoms with Gasteiger partial charge in [-0.05, 0) is 24.1 Å². The fourth-order valence-electron chi connectivity index (χ4n) is 1.47. The molecule has 0 aromatic heterocycles. The van der Waals surface area contributed by atoms with Gasteiger partial charge in [-0.3, -0.25) is 4.79 Å². The molecular formula is C13H17NO4. The lowest BCUT2D eigenvalue weighted by molar-refractivity contribution is -0.116. The Morgan fingerprint density at radius 3 is 2.61 bits per heavy atom. The number of amides is 1. The highest BCUT2D eigenvalue weighted by Crippen LogP contribution is 2.22. The summed E-state index contributed by atoms with van der Waals surface area (Å²) in [6.07, 6.45) is 0.397. The van der Waals surface area contributed by atoms with Crippen LogP contribution in [0.3, 0.4) is 0 Å². The first-order valence-electron chi connectivity index (χ1n) is 5.65. The van der Waals surface area contributed by atoms with Crippen molar-refractivity contribution in [3.63, 3.8) is 0 Å². The second kappa shape index (κ2) is 6.05. The lowest BCUT2D eigenvalue weighted by Crippen LogP contribution is -2.14. The van der Waals surface area contributed by atoms with E-state index in [1.807, 2.05) is 13.8 Å². The molecule has 0 radical (unpaired) electrons. The van der Waals surface area contributed by atoms with Crippen LogP contribution in [0.5, 0.6) is 5.75 Å². The number of rotatable bonds is 4. The zero-order valence-electron chi connectivity index (χ0n) is 10.7. The van der Waals surface area contributed by atoms with E-state index in [1.165, 1.54) is 25.3 Å². The maximum Gasteiger partial charge on any atom is 0.341 e. The molecule has 5 heteroatoms. The summed E-state index contributed by atoms with van der Waals surface area (Å²) in [5.41, 5.74) is 0.485. The van der Waals surface area contributed by atoms with Crippen molar-refractivity contribution in [2.75, 3.05) is 12.4 Å². The largest absolute Gasteiger partial charge is 0.507 e. The molecule has 0 aliphatic carbocycles. The zero-order chi connectivity index (χ0) is 13.7. The van der Waals surface area contributed by atoms with E-state index >= 15 is 0 Å². The molecule has 1 aromatic rings. The normalized spacial score (nSPS) is 10.2. The molecule has 0 saturated carbocycles. The SMILES string of the molecule is COC(=O)c1cc(NC(=O)CC(C)C)ccc1O. The molecule has 2 N–H and O–H groups in total. The molecule has 5 nitrogen and oxygen atoms in total. The second-order valence-corrected chi connectivity index (χ2v) is 4.37. The van der Waals surface area contributed by atoms with E-state index < -0.39 is 5.97 Å². The minimum Gasteiger partial charge on any atom is -0.507 e. The van der Waals surface area contributed by atoms with E-state index in [2.05, 4.69) is 10.1 Å². The number of anilines is 1. The Labute approximate surface area is 106 Å². The number of esters is 1. The molecule has 98 valence electrons. The van der Waals surface area contributed by atoms with Crippen molar-refractivity contribution in [1.82, 2.24) is 0 Å². The third-order valence-corrected chi connectivity index (χ3v) is 2.28. The van der Waals surface area contributed by atoms with Crippen LogP contribution in [0.4, 0.5) is 5.69 Å². The Morgan fingerprint density at radius 1 is 1.39 bits per heavy atom. The summed E-state index contributed by atoms with van der Waals surface area (Å²) >= 11 is 0. The third kappa shape index (κ3) is 3.76. The highest BCUT2D eigenvalue weighted by Gasteiger charge is 2.13. The van der Waals surface area contributed by atoms with Crippen molar-refractivity contribution in [2.24, 2.45) is 5.92 Å². The van der Waals surface area contributed by atoms with E-state index in [-0.39, 0.29) is 23.1 Å². The summed E-state index contributed by atoms with van der Waals surface area (Å²) in [6.45, 7) is 3.88. The number of benzene rings is 1. The molecule has 0 unspecified atom stereocenters. The molecule has 0 aliphatic heterocycles. The van der Waals surface area contributed by atoms with Crippen LogP contribution in [0.1, 0.15) is 30.6 Å². The van der Waals surface area contributed by atoms with Gasteiger partial charge < -0.3 is 15.2 Å². The third-order valence-electron chi connectivity index (χ3n) is 2.28. The molecule has 0 heterocycles.